The van der Waals surface area contributed by atoms with Crippen LogP contribution in [0.25, 0.3) is 159 Å². The lowest BCUT2D eigenvalue weighted by molar-refractivity contribution is 1.07. The van der Waals surface area contributed by atoms with Crippen LogP contribution in [0.2, 0.25) is 0 Å². The Morgan fingerprint density at radius 1 is 0.244 bits per heavy atom. The minimum absolute atomic E-state index is 0.592. The maximum atomic E-state index is 5.40. The molecule has 0 unspecified atom stereocenters. The predicted octanol–water partition coefficient (Wildman–Crippen LogP) is 21.0. The van der Waals surface area contributed by atoms with Gasteiger partial charge < -0.3 is 4.57 Å². The summed E-state index contributed by atoms with van der Waals surface area (Å²) in [6, 6.07) is 105. The zero-order valence-electron chi connectivity index (χ0n) is 44.4. The highest BCUT2D eigenvalue weighted by atomic mass is 32.1. The van der Waals surface area contributed by atoms with Crippen LogP contribution in [-0.4, -0.2) is 19.5 Å². The van der Waals surface area contributed by atoms with Gasteiger partial charge in [-0.25, -0.2) is 15.0 Å². The van der Waals surface area contributed by atoms with Crippen molar-refractivity contribution >= 4 is 74.9 Å². The molecule has 0 fully saturated rings. The van der Waals surface area contributed by atoms with Gasteiger partial charge in [0.25, 0.3) is 0 Å². The Morgan fingerprint density at radius 2 is 0.671 bits per heavy atom. The van der Waals surface area contributed by atoms with E-state index in [2.05, 4.69) is 296 Å². The molecular formula is C77H48N4S. The number of fused-ring (bicyclic) bond motifs is 9. The lowest BCUT2D eigenvalue weighted by Crippen LogP contribution is -2.02. The summed E-state index contributed by atoms with van der Waals surface area (Å²) in [6.45, 7) is 0. The van der Waals surface area contributed by atoms with E-state index in [1.165, 1.54) is 80.3 Å². The van der Waals surface area contributed by atoms with Crippen molar-refractivity contribution < 1.29 is 0 Å². The van der Waals surface area contributed by atoms with Gasteiger partial charge in [-0.2, -0.15) is 0 Å². The third-order valence-electron chi connectivity index (χ3n) is 16.3. The molecule has 4 nitrogen and oxygen atoms in total. The minimum atomic E-state index is 0.592. The normalized spacial score (nSPS) is 11.7. The van der Waals surface area contributed by atoms with Crippen molar-refractivity contribution in [2.24, 2.45) is 0 Å². The van der Waals surface area contributed by atoms with Gasteiger partial charge in [-0.3, -0.25) is 0 Å². The Kier molecular flexibility index (Phi) is 11.4. The van der Waals surface area contributed by atoms with Crippen LogP contribution < -0.4 is 0 Å². The zero-order valence-corrected chi connectivity index (χ0v) is 45.2. The van der Waals surface area contributed by atoms with E-state index in [0.29, 0.717) is 17.5 Å². The van der Waals surface area contributed by atoms with E-state index in [-0.39, 0.29) is 0 Å². The first-order valence-electron chi connectivity index (χ1n) is 27.8. The summed E-state index contributed by atoms with van der Waals surface area (Å²) in [5, 5.41) is 9.73. The second-order valence-corrected chi connectivity index (χ2v) is 22.2. The molecular weight excluding hydrogens is 1010 g/mol. The molecule has 3 aromatic heterocycles. The summed E-state index contributed by atoms with van der Waals surface area (Å²) in [5.74, 6) is 1.79. The smallest absolute Gasteiger partial charge is 0.164 e. The Hall–Kier alpha value is -10.6. The molecule has 0 saturated carbocycles. The van der Waals surface area contributed by atoms with E-state index < -0.39 is 0 Å². The van der Waals surface area contributed by atoms with Gasteiger partial charge in [0.05, 0.1) is 16.7 Å². The second-order valence-electron chi connectivity index (χ2n) is 21.1. The topological polar surface area (TPSA) is 43.6 Å². The molecule has 16 aromatic rings. The molecule has 0 N–H and O–H groups in total. The van der Waals surface area contributed by atoms with Gasteiger partial charge in [0, 0.05) is 58.6 Å². The Bertz CT molecular complexity index is 4960. The third kappa shape index (κ3) is 8.34. The van der Waals surface area contributed by atoms with Crippen LogP contribution in [-0.2, 0) is 0 Å². The molecule has 0 atom stereocenters. The van der Waals surface area contributed by atoms with Crippen LogP contribution in [0.1, 0.15) is 0 Å². The minimum Gasteiger partial charge on any atom is -0.308 e. The summed E-state index contributed by atoms with van der Waals surface area (Å²) in [7, 11) is 0. The van der Waals surface area contributed by atoms with Crippen LogP contribution in [0.15, 0.2) is 291 Å². The molecule has 0 bridgehead atoms. The van der Waals surface area contributed by atoms with Crippen LogP contribution in [0.5, 0.6) is 0 Å². The van der Waals surface area contributed by atoms with Crippen LogP contribution in [0, 0.1) is 0 Å². The number of hydrogen-bond donors (Lipinski definition) is 0. The van der Waals surface area contributed by atoms with E-state index in [1.807, 2.05) is 11.3 Å². The zero-order chi connectivity index (χ0) is 54.1. The molecule has 382 valence electrons. The molecule has 0 saturated heterocycles. The maximum absolute atomic E-state index is 5.40. The molecule has 0 amide bonds. The lowest BCUT2D eigenvalue weighted by Gasteiger charge is -2.17. The first-order valence-corrected chi connectivity index (χ1v) is 28.6. The van der Waals surface area contributed by atoms with Crippen LogP contribution in [0.4, 0.5) is 0 Å². The molecule has 13 aromatic carbocycles. The van der Waals surface area contributed by atoms with Gasteiger partial charge in [0.15, 0.2) is 17.5 Å². The predicted molar refractivity (Wildman–Crippen MR) is 346 cm³/mol. The lowest BCUT2D eigenvalue weighted by atomic mass is 9.98. The molecule has 0 radical (unpaired) electrons. The van der Waals surface area contributed by atoms with Gasteiger partial charge in [-0.15, -0.1) is 11.3 Å². The van der Waals surface area contributed by atoms with E-state index in [9.17, 15) is 0 Å². The monoisotopic (exact) mass is 1060 g/mol. The van der Waals surface area contributed by atoms with E-state index in [0.717, 1.165) is 61.3 Å². The number of nitrogens with zero attached hydrogens (tertiary/aromatic N) is 4. The summed E-state index contributed by atoms with van der Waals surface area (Å²) in [6.07, 6.45) is 0. The number of aromatic nitrogens is 4. The quantitative estimate of drug-likeness (QED) is 0.145. The van der Waals surface area contributed by atoms with Gasteiger partial charge in [-0.05, 0) is 115 Å². The van der Waals surface area contributed by atoms with Gasteiger partial charge >= 0.3 is 0 Å². The Balaban J connectivity index is 0.876. The molecule has 5 heteroatoms. The fourth-order valence-corrected chi connectivity index (χ4v) is 13.2. The van der Waals surface area contributed by atoms with Gasteiger partial charge in [0.1, 0.15) is 0 Å². The molecule has 0 aliphatic carbocycles. The molecule has 0 spiro atoms. The van der Waals surface area contributed by atoms with E-state index in [4.69, 9.17) is 15.0 Å². The summed E-state index contributed by atoms with van der Waals surface area (Å²) in [5.41, 5.74) is 17.6. The van der Waals surface area contributed by atoms with Crippen molar-refractivity contribution in [2.45, 2.75) is 0 Å². The molecule has 16 rings (SSSR count). The number of thiophene rings is 1. The molecule has 3 heterocycles. The number of benzene rings is 13. The third-order valence-corrected chi connectivity index (χ3v) is 17.4. The van der Waals surface area contributed by atoms with Crippen LogP contribution >= 0.6 is 11.3 Å². The average Bonchev–Trinajstić information content (AvgIpc) is 3.73. The SMILES string of the molecule is c1ccc(-c2ccc(-c3ccc(-c4nc(-c5ccc(-c6ccc(-c7ccccc7)cc6)cc5)nc(-c5ccc(-n6c7cc8ccccc8cc7c7ccc8ccccc8c76)c(-c6ccc7sc8ccccc8c7c6)c5)n4)cc3)cc2)cc1. The largest absolute Gasteiger partial charge is 0.308 e. The summed E-state index contributed by atoms with van der Waals surface area (Å²) in [4.78, 5) is 16.1. The van der Waals surface area contributed by atoms with Crippen molar-refractivity contribution in [1.82, 2.24) is 19.5 Å². The second kappa shape index (κ2) is 19.6. The fourth-order valence-electron chi connectivity index (χ4n) is 12.1. The number of rotatable bonds is 9. The van der Waals surface area contributed by atoms with Crippen molar-refractivity contribution in [2.75, 3.05) is 0 Å². The average molecular weight is 1060 g/mol. The van der Waals surface area contributed by atoms with Gasteiger partial charge in [-0.1, -0.05) is 243 Å². The highest BCUT2D eigenvalue weighted by Crippen LogP contribution is 2.44. The Labute approximate surface area is 478 Å². The van der Waals surface area contributed by atoms with Crippen molar-refractivity contribution in [3.05, 3.63) is 291 Å². The van der Waals surface area contributed by atoms with E-state index >= 15 is 0 Å². The molecule has 0 aliphatic rings. The summed E-state index contributed by atoms with van der Waals surface area (Å²) < 4.78 is 5.04. The number of hydrogen-bond acceptors (Lipinski definition) is 4. The fraction of sp³-hybridized carbons (Fsp3) is 0. The Morgan fingerprint density at radius 3 is 1.24 bits per heavy atom. The first-order chi connectivity index (χ1) is 40.6. The van der Waals surface area contributed by atoms with Crippen molar-refractivity contribution in [3.8, 4) is 95.5 Å². The highest BCUT2D eigenvalue weighted by Gasteiger charge is 2.22. The van der Waals surface area contributed by atoms with Crippen molar-refractivity contribution in [1.29, 1.82) is 0 Å². The standard InChI is InChI=1S/C77H48N4S/c1-3-13-49(14-4-1)51-23-27-53(28-24-51)55-31-35-58(36-32-55)75-78-76(59-37-33-56(34-38-59)54-29-25-52(26-30-54)50-15-5-2-6-16-50)80-77(79-75)63-40-43-70(67(47-63)62-41-44-73-69(46-62)65-21-11-12-22-72(65)82-73)81-71-48-61-19-8-7-18-60(61)45-68(71)66-42-39-57-17-9-10-20-64(57)74(66)81/h1-48H. The summed E-state index contributed by atoms with van der Waals surface area (Å²) >= 11 is 1.84. The first kappa shape index (κ1) is 47.4. The van der Waals surface area contributed by atoms with Crippen LogP contribution in [0.3, 0.4) is 0 Å². The molecule has 82 heavy (non-hydrogen) atoms. The van der Waals surface area contributed by atoms with Gasteiger partial charge in [0.2, 0.25) is 0 Å². The highest BCUT2D eigenvalue weighted by molar-refractivity contribution is 7.25. The van der Waals surface area contributed by atoms with E-state index in [1.54, 1.807) is 0 Å². The molecule has 0 aliphatic heterocycles. The van der Waals surface area contributed by atoms with Crippen molar-refractivity contribution in [3.63, 3.8) is 0 Å². The maximum Gasteiger partial charge on any atom is 0.164 e.